The molecule has 1 heterocycles. The molecule has 1 fully saturated rings. The lowest BCUT2D eigenvalue weighted by molar-refractivity contribution is -0.114. The van der Waals surface area contributed by atoms with Crippen LogP contribution in [0.4, 0.5) is 10.1 Å². The molecule has 1 aromatic carbocycles. The molecule has 1 aromatic rings. The summed E-state index contributed by atoms with van der Waals surface area (Å²) < 4.78 is 40.9. The van der Waals surface area contributed by atoms with Crippen molar-refractivity contribution in [1.82, 2.24) is 4.31 Å². The summed E-state index contributed by atoms with van der Waals surface area (Å²) in [7, 11) is -3.80. The minimum absolute atomic E-state index is 0. The van der Waals surface area contributed by atoms with E-state index in [1.165, 1.54) is 17.3 Å². The number of nitrogens with two attached hydrogens (primary N) is 1. The lowest BCUT2D eigenvalue weighted by atomic mass is 10.00. The molecule has 0 spiro atoms. The number of amides is 1. The Hall–Kier alpha value is -1.22. The predicted octanol–water partition coefficient (Wildman–Crippen LogP) is 2.10. The van der Waals surface area contributed by atoms with E-state index in [0.717, 1.165) is 25.0 Å². The van der Waals surface area contributed by atoms with Crippen molar-refractivity contribution in [2.45, 2.75) is 50.1 Å². The average Bonchev–Trinajstić information content (AvgIpc) is 2.48. The van der Waals surface area contributed by atoms with Gasteiger partial charge in [-0.2, -0.15) is 4.31 Å². The Bertz CT molecular complexity index is 697. The first kappa shape index (κ1) is 20.8. The number of carbonyl (C=O) groups excluding carboxylic acids is 1. The van der Waals surface area contributed by atoms with Gasteiger partial charge in [-0.25, -0.2) is 12.8 Å². The van der Waals surface area contributed by atoms with E-state index in [-0.39, 0.29) is 35.1 Å². The monoisotopic (exact) mass is 379 g/mol. The predicted molar refractivity (Wildman–Crippen MR) is 93.1 cm³/mol. The number of sulfonamides is 1. The summed E-state index contributed by atoms with van der Waals surface area (Å²) in [4.78, 5) is 11.1. The Morgan fingerprint density at radius 2 is 2.08 bits per heavy atom. The van der Waals surface area contributed by atoms with Gasteiger partial charge >= 0.3 is 0 Å². The Morgan fingerprint density at radius 1 is 1.42 bits per heavy atom. The molecule has 1 aliphatic heterocycles. The molecule has 1 amide bonds. The molecule has 2 rings (SSSR count). The highest BCUT2D eigenvalue weighted by atomic mass is 35.5. The summed E-state index contributed by atoms with van der Waals surface area (Å²) in [6, 6.07) is 2.84. The van der Waals surface area contributed by atoms with Crippen molar-refractivity contribution in [3.8, 4) is 0 Å². The SMILES string of the molecule is CC(=O)Nc1cc(S(=O)(=O)N2CCCCC2C(C)N)ccc1F.Cl. The Kier molecular flexibility index (Phi) is 7.15. The van der Waals surface area contributed by atoms with Gasteiger partial charge in [0.15, 0.2) is 0 Å². The summed E-state index contributed by atoms with van der Waals surface area (Å²) in [6.07, 6.45) is 2.40. The van der Waals surface area contributed by atoms with Crippen LogP contribution in [0.1, 0.15) is 33.1 Å². The van der Waals surface area contributed by atoms with Gasteiger partial charge in [0.1, 0.15) is 5.82 Å². The van der Waals surface area contributed by atoms with Crippen LogP contribution in [0.15, 0.2) is 23.1 Å². The van der Waals surface area contributed by atoms with Gasteiger partial charge in [-0.3, -0.25) is 4.79 Å². The lowest BCUT2D eigenvalue weighted by Gasteiger charge is -2.36. The van der Waals surface area contributed by atoms with Crippen LogP contribution in [0.5, 0.6) is 0 Å². The number of hydrogen-bond donors (Lipinski definition) is 2. The van der Waals surface area contributed by atoms with E-state index in [4.69, 9.17) is 5.73 Å². The summed E-state index contributed by atoms with van der Waals surface area (Å²) in [6.45, 7) is 3.41. The zero-order chi connectivity index (χ0) is 17.2. The summed E-state index contributed by atoms with van der Waals surface area (Å²) in [5.74, 6) is -1.15. The fourth-order valence-electron chi connectivity index (χ4n) is 2.84. The van der Waals surface area contributed by atoms with Crippen LogP contribution in [0.2, 0.25) is 0 Å². The van der Waals surface area contributed by atoms with E-state index in [1.807, 2.05) is 0 Å². The van der Waals surface area contributed by atoms with Crippen LogP contribution in [0, 0.1) is 5.82 Å². The van der Waals surface area contributed by atoms with Crippen molar-refractivity contribution in [2.75, 3.05) is 11.9 Å². The van der Waals surface area contributed by atoms with E-state index < -0.39 is 21.7 Å². The number of halogens is 2. The van der Waals surface area contributed by atoms with Crippen molar-refractivity contribution in [2.24, 2.45) is 5.73 Å². The van der Waals surface area contributed by atoms with Gasteiger partial charge in [0.05, 0.1) is 10.6 Å². The van der Waals surface area contributed by atoms with E-state index in [0.29, 0.717) is 13.0 Å². The van der Waals surface area contributed by atoms with E-state index >= 15 is 0 Å². The van der Waals surface area contributed by atoms with Crippen molar-refractivity contribution in [3.05, 3.63) is 24.0 Å². The lowest BCUT2D eigenvalue weighted by Crippen LogP contribution is -2.51. The fraction of sp³-hybridized carbons (Fsp3) is 0.533. The van der Waals surface area contributed by atoms with Crippen LogP contribution in [-0.2, 0) is 14.8 Å². The molecular weight excluding hydrogens is 357 g/mol. The average molecular weight is 380 g/mol. The Labute approximate surface area is 148 Å². The number of piperidine rings is 1. The normalized spacial score (nSPS) is 20.1. The highest BCUT2D eigenvalue weighted by molar-refractivity contribution is 7.89. The quantitative estimate of drug-likeness (QED) is 0.837. The number of nitrogens with zero attached hydrogens (tertiary/aromatic N) is 1. The summed E-state index contributed by atoms with van der Waals surface area (Å²) in [5, 5.41) is 2.30. The highest BCUT2D eigenvalue weighted by Crippen LogP contribution is 2.28. The van der Waals surface area contributed by atoms with Crippen molar-refractivity contribution < 1.29 is 17.6 Å². The van der Waals surface area contributed by atoms with Crippen molar-refractivity contribution in [1.29, 1.82) is 0 Å². The minimum Gasteiger partial charge on any atom is -0.326 e. The summed E-state index contributed by atoms with van der Waals surface area (Å²) >= 11 is 0. The summed E-state index contributed by atoms with van der Waals surface area (Å²) in [5.41, 5.74) is 5.78. The van der Waals surface area contributed by atoms with Crippen LogP contribution < -0.4 is 11.1 Å². The number of carbonyl (C=O) groups is 1. The van der Waals surface area contributed by atoms with Gasteiger partial charge in [0, 0.05) is 25.6 Å². The number of anilines is 1. The van der Waals surface area contributed by atoms with E-state index in [9.17, 15) is 17.6 Å². The highest BCUT2D eigenvalue weighted by Gasteiger charge is 2.35. The van der Waals surface area contributed by atoms with Gasteiger partial charge in [-0.15, -0.1) is 12.4 Å². The first-order valence-corrected chi connectivity index (χ1v) is 9.02. The first-order chi connectivity index (χ1) is 10.7. The number of nitrogens with one attached hydrogen (secondary N) is 1. The fourth-order valence-corrected chi connectivity index (χ4v) is 4.64. The van der Waals surface area contributed by atoms with Crippen LogP contribution >= 0.6 is 12.4 Å². The second kappa shape index (κ2) is 8.24. The standard InChI is InChI=1S/C15H22FN3O3S.ClH/c1-10(17)15-5-3-4-8-19(15)23(21,22)12-6-7-13(16)14(9-12)18-11(2)20;/h6-7,9-10,15H,3-5,8,17H2,1-2H3,(H,18,20);1H. The molecule has 0 aliphatic carbocycles. The second-order valence-corrected chi connectivity index (χ2v) is 7.75. The molecule has 1 aliphatic rings. The van der Waals surface area contributed by atoms with Gasteiger partial charge < -0.3 is 11.1 Å². The van der Waals surface area contributed by atoms with Crippen LogP contribution in [-0.4, -0.2) is 37.3 Å². The molecule has 2 unspecified atom stereocenters. The van der Waals surface area contributed by atoms with Crippen LogP contribution in [0.3, 0.4) is 0 Å². The number of hydrogen-bond acceptors (Lipinski definition) is 4. The third-order valence-corrected chi connectivity index (χ3v) is 5.88. The van der Waals surface area contributed by atoms with E-state index in [2.05, 4.69) is 5.32 Å². The largest absolute Gasteiger partial charge is 0.326 e. The van der Waals surface area contributed by atoms with Crippen LogP contribution in [0.25, 0.3) is 0 Å². The molecule has 3 N–H and O–H groups in total. The minimum atomic E-state index is -3.80. The smallest absolute Gasteiger partial charge is 0.243 e. The zero-order valence-electron chi connectivity index (χ0n) is 13.7. The maximum atomic E-state index is 13.7. The maximum absolute atomic E-state index is 13.7. The molecule has 6 nitrogen and oxygen atoms in total. The van der Waals surface area contributed by atoms with E-state index in [1.54, 1.807) is 6.92 Å². The van der Waals surface area contributed by atoms with Gasteiger partial charge in [0.25, 0.3) is 0 Å². The maximum Gasteiger partial charge on any atom is 0.243 e. The van der Waals surface area contributed by atoms with Gasteiger partial charge in [-0.1, -0.05) is 6.42 Å². The number of rotatable bonds is 4. The zero-order valence-corrected chi connectivity index (χ0v) is 15.3. The molecule has 0 saturated carbocycles. The molecule has 0 bridgehead atoms. The second-order valence-electron chi connectivity index (χ2n) is 5.86. The Morgan fingerprint density at radius 3 is 2.67 bits per heavy atom. The Balaban J connectivity index is 0.00000288. The third kappa shape index (κ3) is 4.44. The molecule has 0 radical (unpaired) electrons. The number of benzene rings is 1. The molecular formula is C15H23ClFN3O3S. The molecule has 2 atom stereocenters. The van der Waals surface area contributed by atoms with Gasteiger partial charge in [0.2, 0.25) is 15.9 Å². The molecule has 136 valence electrons. The molecule has 24 heavy (non-hydrogen) atoms. The molecule has 1 saturated heterocycles. The van der Waals surface area contributed by atoms with Gasteiger partial charge in [-0.05, 0) is 38.0 Å². The molecule has 0 aromatic heterocycles. The third-order valence-electron chi connectivity index (χ3n) is 3.96. The molecule has 9 heteroatoms. The van der Waals surface area contributed by atoms with Crippen molar-refractivity contribution in [3.63, 3.8) is 0 Å². The first-order valence-electron chi connectivity index (χ1n) is 7.58. The van der Waals surface area contributed by atoms with Crippen molar-refractivity contribution >= 4 is 34.0 Å². The topological polar surface area (TPSA) is 92.5 Å².